The fraction of sp³-hybridized carbons (Fsp3) is 0.467. The van der Waals surface area contributed by atoms with Crippen molar-refractivity contribution in [1.29, 1.82) is 0 Å². The highest BCUT2D eigenvalue weighted by Crippen LogP contribution is 2.05. The number of ether oxygens (including phenoxy) is 2. The second kappa shape index (κ2) is 36.5. The van der Waals surface area contributed by atoms with Crippen molar-refractivity contribution >= 4 is 35.8 Å². The van der Waals surface area contributed by atoms with Crippen LogP contribution in [0.15, 0.2) is 62.8 Å². The average Bonchev–Trinajstić information content (AvgIpc) is 2.84. The second-order valence-corrected chi connectivity index (χ2v) is 7.84. The van der Waals surface area contributed by atoms with Gasteiger partial charge in [-0.05, 0) is 26.7 Å². The van der Waals surface area contributed by atoms with E-state index in [0.29, 0.717) is 0 Å². The van der Waals surface area contributed by atoms with Crippen LogP contribution in [0.5, 0.6) is 0 Å². The van der Waals surface area contributed by atoms with Gasteiger partial charge in [-0.3, -0.25) is 28.8 Å². The highest BCUT2D eigenvalue weighted by molar-refractivity contribution is 5.74. The van der Waals surface area contributed by atoms with Crippen LogP contribution >= 0.6 is 0 Å². The monoisotopic (exact) mass is 600 g/mol. The Morgan fingerprint density at radius 2 is 0.929 bits per heavy atom. The molecule has 0 aromatic carbocycles. The zero-order valence-corrected chi connectivity index (χ0v) is 25.2. The quantitative estimate of drug-likeness (QED) is 0.126. The maximum atomic E-state index is 11.4. The van der Waals surface area contributed by atoms with E-state index in [1.54, 1.807) is 13.0 Å². The van der Waals surface area contributed by atoms with Crippen molar-refractivity contribution in [2.24, 2.45) is 0 Å². The van der Waals surface area contributed by atoms with Gasteiger partial charge >= 0.3 is 35.8 Å². The number of carbonyl (C=O) groups excluding carboxylic acids is 2. The summed E-state index contributed by atoms with van der Waals surface area (Å²) in [5.41, 5.74) is 0. The molecule has 2 atom stereocenters. The smallest absolute Gasteiger partial charge is 0.309 e. The lowest BCUT2D eigenvalue weighted by atomic mass is 10.2. The maximum Gasteiger partial charge on any atom is 0.309 e. The Kier molecular flexibility index (Phi) is 41.1. The third-order valence-corrected chi connectivity index (χ3v) is 3.51. The molecule has 240 valence electrons. The van der Waals surface area contributed by atoms with Crippen molar-refractivity contribution in [1.82, 2.24) is 0 Å². The van der Waals surface area contributed by atoms with E-state index in [0.717, 1.165) is 12.8 Å². The molecule has 0 bridgehead atoms. The summed E-state index contributed by atoms with van der Waals surface area (Å²) in [7, 11) is 0. The molecule has 0 fully saturated rings. The molecule has 0 radical (unpaired) electrons. The van der Waals surface area contributed by atoms with Crippen LogP contribution in [0.1, 0.15) is 79.1 Å². The van der Waals surface area contributed by atoms with Crippen molar-refractivity contribution in [2.45, 2.75) is 91.3 Å². The molecule has 0 aliphatic heterocycles. The van der Waals surface area contributed by atoms with Crippen molar-refractivity contribution in [3.05, 3.63) is 62.8 Å². The van der Waals surface area contributed by atoms with Crippen molar-refractivity contribution in [3.8, 4) is 0 Å². The molecule has 42 heavy (non-hydrogen) atoms. The minimum atomic E-state index is -1.04. The zero-order valence-electron chi connectivity index (χ0n) is 25.2. The fourth-order valence-electron chi connectivity index (χ4n) is 1.82. The minimum Gasteiger partial charge on any atom is -0.481 e. The van der Waals surface area contributed by atoms with Crippen LogP contribution in [-0.2, 0) is 38.2 Å². The maximum absolute atomic E-state index is 11.4. The Bertz CT molecular complexity index is 823. The van der Waals surface area contributed by atoms with Crippen LogP contribution in [0.3, 0.4) is 0 Å². The lowest BCUT2D eigenvalue weighted by Gasteiger charge is -2.14. The number of hydrogen-bond donors (Lipinski definition) is 4. The molecular weight excluding hydrogens is 552 g/mol. The SMILES string of the molecule is C=CCC.C=CCC(=O)O.C=CCC(=O)O.C=CCC(=O)OC(C)CC(=O)OC(C)CC(=O)O.CC/C=C/CC(=O)O. The number of esters is 2. The molecule has 2 unspecified atom stereocenters. The summed E-state index contributed by atoms with van der Waals surface area (Å²) in [6.45, 7) is 20.4. The van der Waals surface area contributed by atoms with Gasteiger partial charge in [-0.15, -0.1) is 26.3 Å². The first-order chi connectivity index (χ1) is 19.6. The zero-order chi connectivity index (χ0) is 33.9. The minimum absolute atomic E-state index is 0.0556. The molecule has 0 amide bonds. The Labute approximate surface area is 248 Å². The molecule has 4 N–H and O–H groups in total. The first kappa shape index (κ1) is 47.3. The van der Waals surface area contributed by atoms with Crippen LogP contribution in [-0.4, -0.2) is 68.4 Å². The lowest BCUT2D eigenvalue weighted by molar-refractivity contribution is -0.157. The van der Waals surface area contributed by atoms with Gasteiger partial charge in [0.2, 0.25) is 0 Å². The Morgan fingerprint density at radius 1 is 0.548 bits per heavy atom. The summed E-state index contributed by atoms with van der Waals surface area (Å²) < 4.78 is 9.74. The summed E-state index contributed by atoms with van der Waals surface area (Å²) in [5, 5.41) is 32.3. The molecule has 0 aromatic rings. The van der Waals surface area contributed by atoms with E-state index in [1.165, 1.54) is 25.2 Å². The lowest BCUT2D eigenvalue weighted by Crippen LogP contribution is -2.23. The summed E-state index contributed by atoms with van der Waals surface area (Å²) in [4.78, 5) is 61.7. The van der Waals surface area contributed by atoms with Gasteiger partial charge < -0.3 is 29.9 Å². The molecule has 0 aromatic heterocycles. The number of rotatable bonds is 16. The first-order valence-corrected chi connectivity index (χ1v) is 12.9. The van der Waals surface area contributed by atoms with E-state index in [9.17, 15) is 28.8 Å². The van der Waals surface area contributed by atoms with Crippen LogP contribution in [0, 0.1) is 0 Å². The van der Waals surface area contributed by atoms with Gasteiger partial charge in [0.25, 0.3) is 0 Å². The van der Waals surface area contributed by atoms with Crippen LogP contribution in [0.4, 0.5) is 0 Å². The molecule has 12 heteroatoms. The van der Waals surface area contributed by atoms with Gasteiger partial charge in [-0.25, -0.2) is 0 Å². The van der Waals surface area contributed by atoms with E-state index in [4.69, 9.17) is 29.9 Å². The topological polar surface area (TPSA) is 202 Å². The van der Waals surface area contributed by atoms with Crippen LogP contribution in [0.2, 0.25) is 0 Å². The Morgan fingerprint density at radius 3 is 1.21 bits per heavy atom. The number of hydrogen-bond acceptors (Lipinski definition) is 8. The highest BCUT2D eigenvalue weighted by Gasteiger charge is 2.17. The second-order valence-electron chi connectivity index (χ2n) is 7.84. The molecule has 0 heterocycles. The molecule has 0 aliphatic rings. The predicted molar refractivity (Wildman–Crippen MR) is 160 cm³/mol. The van der Waals surface area contributed by atoms with Crippen LogP contribution < -0.4 is 0 Å². The molecule has 0 aliphatic carbocycles. The number of carboxylic acid groups (broad SMARTS) is 4. The van der Waals surface area contributed by atoms with Crippen LogP contribution in [0.25, 0.3) is 0 Å². The number of aliphatic carboxylic acids is 4. The standard InChI is InChI=1S/C12H18O6.C6H10O2.2C4H6O2.C4H8/c1-4-5-11(15)17-9(3)7-12(16)18-8(2)6-10(13)14;1-2-3-4-5-6(7)8;2*1-2-3-4(5)6;1-3-4-2/h4,8-9H,1,5-7H2,2-3H3,(H,13,14);3-4H,2,5H2,1H3,(H,7,8);2*2H,1,3H2,(H,5,6);3H,1,4H2,2H3/b;4-3+;;;. The third kappa shape index (κ3) is 60.2. The predicted octanol–water partition coefficient (Wildman–Crippen LogP) is 5.59. The van der Waals surface area contributed by atoms with Gasteiger partial charge in [0.1, 0.15) is 12.2 Å². The number of carbonyl (C=O) groups is 6. The molecule has 12 nitrogen and oxygen atoms in total. The largest absolute Gasteiger partial charge is 0.481 e. The van der Waals surface area contributed by atoms with E-state index >= 15 is 0 Å². The summed E-state index contributed by atoms with van der Waals surface area (Å²) in [6, 6.07) is 0. The molecule has 0 saturated heterocycles. The molecule has 0 spiro atoms. The van der Waals surface area contributed by atoms with Gasteiger partial charge in [-0.1, -0.05) is 50.3 Å². The Balaban J connectivity index is -0.000000157. The van der Waals surface area contributed by atoms with E-state index < -0.39 is 48.0 Å². The molecule has 0 saturated carbocycles. The molecule has 0 rings (SSSR count). The van der Waals surface area contributed by atoms with Crippen molar-refractivity contribution < 1.29 is 58.7 Å². The fourth-order valence-corrected chi connectivity index (χ4v) is 1.82. The summed E-state index contributed by atoms with van der Waals surface area (Å²) in [5.74, 6) is -4.53. The van der Waals surface area contributed by atoms with Gasteiger partial charge in [0.15, 0.2) is 0 Å². The third-order valence-electron chi connectivity index (χ3n) is 3.51. The number of carboxylic acids is 4. The van der Waals surface area contributed by atoms with E-state index in [1.807, 2.05) is 19.1 Å². The van der Waals surface area contributed by atoms with Crippen molar-refractivity contribution in [3.63, 3.8) is 0 Å². The van der Waals surface area contributed by atoms with E-state index in [-0.39, 0.29) is 38.5 Å². The normalized spacial score (nSPS) is 10.3. The van der Waals surface area contributed by atoms with Gasteiger partial charge in [0.05, 0.1) is 38.5 Å². The van der Waals surface area contributed by atoms with Gasteiger partial charge in [-0.2, -0.15) is 0 Å². The van der Waals surface area contributed by atoms with E-state index in [2.05, 4.69) is 33.2 Å². The summed E-state index contributed by atoms with van der Waals surface area (Å²) >= 11 is 0. The van der Waals surface area contributed by atoms with Crippen molar-refractivity contribution in [2.75, 3.05) is 0 Å². The Hall–Kier alpha value is -4.48. The molecular formula is C30H48O12. The average molecular weight is 601 g/mol. The van der Waals surface area contributed by atoms with Gasteiger partial charge in [0, 0.05) is 0 Å². The number of allylic oxidation sites excluding steroid dienone is 2. The highest BCUT2D eigenvalue weighted by atomic mass is 16.6. The first-order valence-electron chi connectivity index (χ1n) is 12.9. The summed E-state index contributed by atoms with van der Waals surface area (Å²) in [6.07, 6.45) is 10.1.